The van der Waals surface area contributed by atoms with Crippen molar-refractivity contribution in [3.8, 4) is 5.75 Å². The van der Waals surface area contributed by atoms with Crippen molar-refractivity contribution in [1.29, 1.82) is 0 Å². The Bertz CT molecular complexity index is 1150. The number of nitrogens with one attached hydrogen (secondary N) is 1. The van der Waals surface area contributed by atoms with E-state index in [9.17, 15) is 23.9 Å². The number of carbonyl (C=O) groups excluding carboxylic acids is 3. The zero-order valence-corrected chi connectivity index (χ0v) is 23.5. The standard InChI is InChI=1S/C30H39FN2O7/c1-20(18-33(29(37)40-30(2,3)4)26(27(34)35)23-12-13-23)39-25-17-24(31)15-14-22(25)11-8-16-32-28(36)38-19-21-9-6-5-7-10-21/h5-7,9-10,14-15,17,20,23,26H,8,11-13,16,18-19H2,1-4H3,(H,32,36)(H,34,35)/p-1/t20-,26+/m1/s1. The summed E-state index contributed by atoms with van der Waals surface area (Å²) in [5.41, 5.74) is 0.764. The molecule has 9 nitrogen and oxygen atoms in total. The van der Waals surface area contributed by atoms with Crippen molar-refractivity contribution in [2.45, 2.75) is 77.7 Å². The molecule has 2 amide bonds. The van der Waals surface area contributed by atoms with E-state index in [0.29, 0.717) is 37.8 Å². The van der Waals surface area contributed by atoms with Crippen molar-refractivity contribution in [1.82, 2.24) is 10.2 Å². The molecule has 0 aliphatic heterocycles. The second-order valence-corrected chi connectivity index (χ2v) is 11.0. The van der Waals surface area contributed by atoms with E-state index >= 15 is 0 Å². The van der Waals surface area contributed by atoms with Gasteiger partial charge in [-0.2, -0.15) is 0 Å². The van der Waals surface area contributed by atoms with Gasteiger partial charge in [0.15, 0.2) is 0 Å². The zero-order chi connectivity index (χ0) is 29.3. The molecule has 40 heavy (non-hydrogen) atoms. The van der Waals surface area contributed by atoms with Crippen LogP contribution in [0.2, 0.25) is 0 Å². The van der Waals surface area contributed by atoms with Crippen LogP contribution >= 0.6 is 0 Å². The fourth-order valence-corrected chi connectivity index (χ4v) is 4.23. The van der Waals surface area contributed by atoms with Gasteiger partial charge in [0.05, 0.1) is 18.6 Å². The summed E-state index contributed by atoms with van der Waals surface area (Å²) < 4.78 is 30.8. The Morgan fingerprint density at radius 2 is 1.82 bits per heavy atom. The van der Waals surface area contributed by atoms with Crippen LogP contribution in [0.3, 0.4) is 0 Å². The van der Waals surface area contributed by atoms with Crippen LogP contribution in [0.1, 0.15) is 58.1 Å². The summed E-state index contributed by atoms with van der Waals surface area (Å²) in [5, 5.41) is 14.6. The van der Waals surface area contributed by atoms with Crippen LogP contribution in [0.15, 0.2) is 48.5 Å². The van der Waals surface area contributed by atoms with Gasteiger partial charge in [0.25, 0.3) is 0 Å². The number of nitrogens with zero attached hydrogens (tertiary/aromatic N) is 1. The minimum atomic E-state index is -1.35. The lowest BCUT2D eigenvalue weighted by Gasteiger charge is -2.35. The number of halogens is 1. The van der Waals surface area contributed by atoms with Crippen molar-refractivity contribution in [3.63, 3.8) is 0 Å². The lowest BCUT2D eigenvalue weighted by Crippen LogP contribution is -2.55. The molecule has 0 aromatic heterocycles. The number of alkyl carbamates (subject to hydrolysis) is 1. The van der Waals surface area contributed by atoms with E-state index in [1.54, 1.807) is 33.8 Å². The SMILES string of the molecule is C[C@H](CN(C(=O)OC(C)(C)C)[C@H](C(=O)[O-])C1CC1)Oc1cc(F)ccc1CCCNC(=O)OCc1ccccc1. The Hall–Kier alpha value is -3.82. The van der Waals surface area contributed by atoms with Gasteiger partial charge >= 0.3 is 12.2 Å². The molecular weight excluding hydrogens is 519 g/mol. The average molecular weight is 558 g/mol. The van der Waals surface area contributed by atoms with Gasteiger partial charge < -0.3 is 29.4 Å². The maximum Gasteiger partial charge on any atom is 0.410 e. The highest BCUT2D eigenvalue weighted by atomic mass is 19.1. The van der Waals surface area contributed by atoms with Crippen LogP contribution in [-0.4, -0.2) is 53.9 Å². The molecule has 2 aromatic rings. The van der Waals surface area contributed by atoms with Crippen LogP contribution in [0, 0.1) is 11.7 Å². The smallest absolute Gasteiger partial charge is 0.410 e. The first-order chi connectivity index (χ1) is 18.9. The van der Waals surface area contributed by atoms with E-state index in [1.807, 2.05) is 30.3 Å². The molecule has 0 saturated heterocycles. The number of amides is 2. The topological polar surface area (TPSA) is 117 Å². The van der Waals surface area contributed by atoms with Gasteiger partial charge in [-0.15, -0.1) is 0 Å². The van der Waals surface area contributed by atoms with Crippen LogP contribution in [0.25, 0.3) is 0 Å². The number of carboxylic acids is 1. The summed E-state index contributed by atoms with van der Waals surface area (Å²) in [6.45, 7) is 7.19. The van der Waals surface area contributed by atoms with Crippen LogP contribution < -0.4 is 15.2 Å². The molecule has 1 N–H and O–H groups in total. The minimum absolute atomic E-state index is 0.0885. The lowest BCUT2D eigenvalue weighted by molar-refractivity contribution is -0.312. The quantitative estimate of drug-likeness (QED) is 0.367. The number of rotatable bonds is 13. The highest BCUT2D eigenvalue weighted by Crippen LogP contribution is 2.36. The molecule has 0 unspecified atom stereocenters. The van der Waals surface area contributed by atoms with Gasteiger partial charge in [0.2, 0.25) is 0 Å². The molecule has 1 saturated carbocycles. The highest BCUT2D eigenvalue weighted by molar-refractivity contribution is 5.79. The van der Waals surface area contributed by atoms with Crippen molar-refractivity contribution in [2.75, 3.05) is 13.1 Å². The van der Waals surface area contributed by atoms with Crippen molar-refractivity contribution in [2.24, 2.45) is 5.92 Å². The molecule has 10 heteroatoms. The number of ether oxygens (including phenoxy) is 3. The number of carboxylic acid groups (broad SMARTS) is 1. The fourth-order valence-electron chi connectivity index (χ4n) is 4.23. The molecule has 0 spiro atoms. The summed E-state index contributed by atoms with van der Waals surface area (Å²) in [7, 11) is 0. The second-order valence-electron chi connectivity index (χ2n) is 11.0. The molecule has 0 radical (unpaired) electrons. The Morgan fingerprint density at radius 1 is 1.12 bits per heavy atom. The summed E-state index contributed by atoms with van der Waals surface area (Å²) in [4.78, 5) is 38.0. The van der Waals surface area contributed by atoms with Gasteiger partial charge in [-0.1, -0.05) is 36.4 Å². The van der Waals surface area contributed by atoms with Crippen molar-refractivity contribution < 1.29 is 38.1 Å². The Balaban J connectivity index is 1.58. The molecule has 0 bridgehead atoms. The molecular formula is C30H38FN2O7-. The second kappa shape index (κ2) is 14.0. The van der Waals surface area contributed by atoms with Crippen molar-refractivity contribution in [3.05, 3.63) is 65.5 Å². The number of hydrogen-bond acceptors (Lipinski definition) is 7. The number of benzene rings is 2. The largest absolute Gasteiger partial charge is 0.548 e. The fraction of sp³-hybridized carbons (Fsp3) is 0.500. The van der Waals surface area contributed by atoms with Crippen molar-refractivity contribution >= 4 is 18.2 Å². The van der Waals surface area contributed by atoms with Crippen LogP contribution in [0.5, 0.6) is 5.75 Å². The maximum atomic E-state index is 14.1. The van der Waals surface area contributed by atoms with E-state index in [0.717, 1.165) is 10.5 Å². The normalized spacial score (nSPS) is 14.5. The molecule has 218 valence electrons. The highest BCUT2D eigenvalue weighted by Gasteiger charge is 2.40. The predicted octanol–water partition coefficient (Wildman–Crippen LogP) is 4.22. The van der Waals surface area contributed by atoms with E-state index < -0.39 is 41.7 Å². The first-order valence-corrected chi connectivity index (χ1v) is 13.5. The van der Waals surface area contributed by atoms with E-state index in [-0.39, 0.29) is 24.8 Å². The molecule has 0 heterocycles. The lowest BCUT2D eigenvalue weighted by atomic mass is 10.1. The first kappa shape index (κ1) is 30.7. The molecule has 1 aliphatic carbocycles. The van der Waals surface area contributed by atoms with Gasteiger partial charge in [-0.05, 0) is 76.5 Å². The van der Waals surface area contributed by atoms with E-state index in [2.05, 4.69) is 5.32 Å². The predicted molar refractivity (Wildman–Crippen MR) is 144 cm³/mol. The van der Waals surface area contributed by atoms with E-state index in [4.69, 9.17) is 14.2 Å². The third-order valence-electron chi connectivity index (χ3n) is 6.19. The third kappa shape index (κ3) is 10.1. The zero-order valence-electron chi connectivity index (χ0n) is 23.5. The number of aliphatic carboxylic acids is 1. The maximum absolute atomic E-state index is 14.1. The average Bonchev–Trinajstić information content (AvgIpc) is 3.70. The Labute approximate surface area is 234 Å². The molecule has 3 rings (SSSR count). The number of carbonyl (C=O) groups is 3. The molecule has 1 aliphatic rings. The Morgan fingerprint density at radius 3 is 2.45 bits per heavy atom. The first-order valence-electron chi connectivity index (χ1n) is 13.5. The van der Waals surface area contributed by atoms with E-state index in [1.165, 1.54) is 12.1 Å². The van der Waals surface area contributed by atoms with Crippen LogP contribution in [0.4, 0.5) is 14.0 Å². The summed E-state index contributed by atoms with van der Waals surface area (Å²) in [6.07, 6.45) is 0.377. The van der Waals surface area contributed by atoms with Gasteiger partial charge in [0.1, 0.15) is 29.9 Å². The molecule has 2 atom stereocenters. The van der Waals surface area contributed by atoms with Gasteiger partial charge in [0, 0.05) is 12.6 Å². The molecule has 2 aromatic carbocycles. The summed E-state index contributed by atoms with van der Waals surface area (Å²) in [5.74, 6) is -1.77. The third-order valence-corrected chi connectivity index (χ3v) is 6.19. The van der Waals surface area contributed by atoms with Gasteiger partial charge in [-0.25, -0.2) is 14.0 Å². The summed E-state index contributed by atoms with van der Waals surface area (Å²) >= 11 is 0. The minimum Gasteiger partial charge on any atom is -0.548 e. The Kier molecular flexibility index (Phi) is 10.8. The molecule has 1 fully saturated rings. The van der Waals surface area contributed by atoms with Gasteiger partial charge in [-0.3, -0.25) is 4.90 Å². The summed E-state index contributed by atoms with van der Waals surface area (Å²) in [6, 6.07) is 12.4. The number of aryl methyl sites for hydroxylation is 1. The monoisotopic (exact) mass is 557 g/mol. The van der Waals surface area contributed by atoms with Crippen LogP contribution in [-0.2, 0) is 27.3 Å². The number of hydrogen-bond donors (Lipinski definition) is 1.